The predicted molar refractivity (Wildman–Crippen MR) is 131 cm³/mol. The molecule has 2 aliphatic rings. The Morgan fingerprint density at radius 3 is 2.62 bits per heavy atom. The van der Waals surface area contributed by atoms with Crippen molar-refractivity contribution in [1.29, 1.82) is 0 Å². The minimum atomic E-state index is -1.02. The summed E-state index contributed by atoms with van der Waals surface area (Å²) in [5.41, 5.74) is 2.80. The van der Waals surface area contributed by atoms with E-state index in [0.717, 1.165) is 30.5 Å². The first-order chi connectivity index (χ1) is 16.6. The van der Waals surface area contributed by atoms with Crippen molar-refractivity contribution in [3.05, 3.63) is 83.8 Å². The van der Waals surface area contributed by atoms with Crippen molar-refractivity contribution < 1.29 is 14.0 Å². The number of nitrogens with one attached hydrogen (secondary N) is 1. The number of aromatic nitrogens is 1. The van der Waals surface area contributed by atoms with Gasteiger partial charge in [-0.25, -0.2) is 0 Å². The van der Waals surface area contributed by atoms with E-state index in [1.54, 1.807) is 11.2 Å². The summed E-state index contributed by atoms with van der Waals surface area (Å²) < 4.78 is 7.54. The maximum absolute atomic E-state index is 13.7. The molecular weight excluding hydrogens is 426 g/mol. The summed E-state index contributed by atoms with van der Waals surface area (Å²) in [5.74, 6) is 0.428. The summed E-state index contributed by atoms with van der Waals surface area (Å²) in [6, 6.07) is 17.3. The molecule has 176 valence electrons. The monoisotopic (exact) mass is 457 g/mol. The first-order valence-corrected chi connectivity index (χ1v) is 12.1. The topological polar surface area (TPSA) is 67.5 Å². The fourth-order valence-electron chi connectivity index (χ4n) is 5.12. The smallest absolute Gasteiger partial charge is 0.271 e. The summed E-state index contributed by atoms with van der Waals surface area (Å²) in [6.07, 6.45) is 9.35. The van der Waals surface area contributed by atoms with E-state index in [1.165, 1.54) is 18.4 Å². The Hall–Kier alpha value is -3.54. The van der Waals surface area contributed by atoms with E-state index in [1.807, 2.05) is 66.1 Å². The maximum Gasteiger partial charge on any atom is 0.271 e. The first kappa shape index (κ1) is 22.3. The molecule has 0 fully saturated rings. The van der Waals surface area contributed by atoms with Crippen LogP contribution in [0.15, 0.2) is 76.9 Å². The highest BCUT2D eigenvalue weighted by molar-refractivity contribution is 6.00. The second-order valence-corrected chi connectivity index (χ2v) is 9.42. The number of carbonyl (C=O) groups excluding carboxylic acids is 2. The van der Waals surface area contributed by atoms with E-state index in [-0.39, 0.29) is 11.8 Å². The van der Waals surface area contributed by atoms with E-state index in [0.29, 0.717) is 31.1 Å². The van der Waals surface area contributed by atoms with Crippen LogP contribution in [-0.2, 0) is 17.9 Å². The molecule has 1 N–H and O–H groups in total. The molecule has 1 aliphatic heterocycles. The second kappa shape index (κ2) is 9.37. The fourth-order valence-corrected chi connectivity index (χ4v) is 5.12. The third-order valence-electron chi connectivity index (χ3n) is 7.11. The summed E-state index contributed by atoms with van der Waals surface area (Å²) in [6.45, 7) is 3.21. The van der Waals surface area contributed by atoms with Crippen molar-refractivity contribution >= 4 is 11.8 Å². The molecule has 0 bridgehead atoms. The van der Waals surface area contributed by atoms with Gasteiger partial charge in [0, 0.05) is 13.1 Å². The zero-order valence-electron chi connectivity index (χ0n) is 19.6. The Balaban J connectivity index is 1.45. The summed E-state index contributed by atoms with van der Waals surface area (Å²) in [4.78, 5) is 29.2. The molecule has 1 aromatic carbocycles. The average Bonchev–Trinajstić information content (AvgIpc) is 3.53. The molecule has 0 radical (unpaired) electrons. The molecule has 3 heterocycles. The van der Waals surface area contributed by atoms with Gasteiger partial charge in [-0.2, -0.15) is 0 Å². The Kier molecular flexibility index (Phi) is 6.14. The van der Waals surface area contributed by atoms with E-state index in [9.17, 15) is 9.59 Å². The van der Waals surface area contributed by atoms with E-state index in [4.69, 9.17) is 4.42 Å². The van der Waals surface area contributed by atoms with Crippen molar-refractivity contribution in [2.75, 3.05) is 6.54 Å². The van der Waals surface area contributed by atoms with Crippen molar-refractivity contribution in [2.45, 2.75) is 57.7 Å². The Bertz CT molecular complexity index is 1190. The number of nitrogens with zero attached hydrogens (tertiary/aromatic N) is 2. The van der Waals surface area contributed by atoms with Gasteiger partial charge in [0.1, 0.15) is 17.0 Å². The van der Waals surface area contributed by atoms with Crippen LogP contribution in [0.5, 0.6) is 0 Å². The number of benzene rings is 1. The molecule has 0 saturated carbocycles. The van der Waals surface area contributed by atoms with Gasteiger partial charge in [0.05, 0.1) is 18.5 Å². The number of allylic oxidation sites excluding steroid dienone is 1. The van der Waals surface area contributed by atoms with Crippen molar-refractivity contribution in [2.24, 2.45) is 0 Å². The Labute approximate surface area is 200 Å². The van der Waals surface area contributed by atoms with Crippen LogP contribution in [0.2, 0.25) is 0 Å². The quantitative estimate of drug-likeness (QED) is 0.498. The van der Waals surface area contributed by atoms with Gasteiger partial charge < -0.3 is 19.2 Å². The van der Waals surface area contributed by atoms with Gasteiger partial charge in [-0.15, -0.1) is 0 Å². The number of furan rings is 1. The lowest BCUT2D eigenvalue weighted by Gasteiger charge is -2.44. The van der Waals surface area contributed by atoms with Gasteiger partial charge in [-0.05, 0) is 68.9 Å². The van der Waals surface area contributed by atoms with Gasteiger partial charge in [0.25, 0.3) is 5.91 Å². The third-order valence-corrected chi connectivity index (χ3v) is 7.11. The number of amides is 2. The first-order valence-electron chi connectivity index (χ1n) is 12.1. The molecule has 0 spiro atoms. The van der Waals surface area contributed by atoms with Gasteiger partial charge in [0.2, 0.25) is 5.91 Å². The van der Waals surface area contributed by atoms with Gasteiger partial charge >= 0.3 is 0 Å². The molecule has 2 amide bonds. The standard InChI is InChI=1S/C28H31N3O3/c1-28(27(33)29-19-22-11-6-3-7-12-22)20-30-23(25-13-8-18-34-25)14-15-24(30)26(32)31(28)17-16-21-9-4-2-5-10-21/h3,6-9,11-15,18H,2,4-5,10,16-17,19-20H2,1H3,(H,29,33). The molecule has 2 aromatic heterocycles. The van der Waals surface area contributed by atoms with Crippen LogP contribution in [0.3, 0.4) is 0 Å². The van der Waals surface area contributed by atoms with Gasteiger partial charge in [-0.1, -0.05) is 42.0 Å². The van der Waals surface area contributed by atoms with Crippen molar-refractivity contribution in [3.8, 4) is 11.5 Å². The van der Waals surface area contributed by atoms with Crippen LogP contribution in [0.4, 0.5) is 0 Å². The molecule has 0 saturated heterocycles. The fraction of sp³-hybridized carbons (Fsp3) is 0.357. The second-order valence-electron chi connectivity index (χ2n) is 9.42. The van der Waals surface area contributed by atoms with Crippen molar-refractivity contribution in [1.82, 2.24) is 14.8 Å². The number of carbonyl (C=O) groups is 2. The third kappa shape index (κ3) is 4.20. The molecule has 1 aliphatic carbocycles. The molecule has 6 nitrogen and oxygen atoms in total. The van der Waals surface area contributed by atoms with Crippen molar-refractivity contribution in [3.63, 3.8) is 0 Å². The van der Waals surface area contributed by atoms with E-state index in [2.05, 4.69) is 11.4 Å². The zero-order valence-corrected chi connectivity index (χ0v) is 19.6. The summed E-state index contributed by atoms with van der Waals surface area (Å²) in [5, 5.41) is 3.09. The SMILES string of the molecule is CC1(C(=O)NCc2ccccc2)Cn2c(ccc2-c2ccco2)C(=O)N1CCC1=CCCCC1. The molecule has 34 heavy (non-hydrogen) atoms. The van der Waals surface area contributed by atoms with Gasteiger partial charge in [-0.3, -0.25) is 9.59 Å². The molecule has 1 atom stereocenters. The highest BCUT2D eigenvalue weighted by atomic mass is 16.3. The lowest BCUT2D eigenvalue weighted by atomic mass is 9.92. The minimum absolute atomic E-state index is 0.113. The molecule has 6 heteroatoms. The maximum atomic E-state index is 13.7. The highest BCUT2D eigenvalue weighted by Gasteiger charge is 2.47. The van der Waals surface area contributed by atoms with E-state index >= 15 is 0 Å². The zero-order chi connectivity index (χ0) is 23.5. The Morgan fingerprint density at radius 1 is 1.06 bits per heavy atom. The number of hydrogen-bond acceptors (Lipinski definition) is 3. The summed E-state index contributed by atoms with van der Waals surface area (Å²) >= 11 is 0. The molecule has 5 rings (SSSR count). The lowest BCUT2D eigenvalue weighted by molar-refractivity contribution is -0.133. The molecule has 3 aromatic rings. The van der Waals surface area contributed by atoms with Crippen LogP contribution < -0.4 is 5.32 Å². The lowest BCUT2D eigenvalue weighted by Crippen LogP contribution is -2.64. The van der Waals surface area contributed by atoms with Crippen LogP contribution in [0, 0.1) is 0 Å². The Morgan fingerprint density at radius 2 is 1.88 bits per heavy atom. The summed E-state index contributed by atoms with van der Waals surface area (Å²) in [7, 11) is 0. The highest BCUT2D eigenvalue weighted by Crippen LogP contribution is 2.34. The average molecular weight is 458 g/mol. The van der Waals surface area contributed by atoms with Crippen LogP contribution in [-0.4, -0.2) is 33.4 Å². The minimum Gasteiger partial charge on any atom is -0.463 e. The molecule has 1 unspecified atom stereocenters. The largest absolute Gasteiger partial charge is 0.463 e. The predicted octanol–water partition coefficient (Wildman–Crippen LogP) is 5.17. The van der Waals surface area contributed by atoms with E-state index < -0.39 is 5.54 Å². The van der Waals surface area contributed by atoms with Crippen LogP contribution in [0.1, 0.15) is 55.1 Å². The number of rotatable bonds is 7. The molecular formula is C28H31N3O3. The number of hydrogen-bond donors (Lipinski definition) is 1. The normalized spacial score (nSPS) is 20.1. The van der Waals surface area contributed by atoms with Crippen LogP contribution in [0.25, 0.3) is 11.5 Å². The number of fused-ring (bicyclic) bond motifs is 1. The van der Waals surface area contributed by atoms with Gasteiger partial charge in [0.15, 0.2) is 0 Å². The van der Waals surface area contributed by atoms with Crippen LogP contribution >= 0.6 is 0 Å².